The van der Waals surface area contributed by atoms with Crippen LogP contribution in [0.1, 0.15) is 25.3 Å². The zero-order chi connectivity index (χ0) is 15.9. The second-order valence-corrected chi connectivity index (χ2v) is 7.41. The molecule has 5 heteroatoms. The molecule has 0 radical (unpaired) electrons. The van der Waals surface area contributed by atoms with Crippen molar-refractivity contribution in [3.63, 3.8) is 0 Å². The van der Waals surface area contributed by atoms with Gasteiger partial charge in [0.2, 0.25) is 0 Å². The van der Waals surface area contributed by atoms with Crippen molar-refractivity contribution in [2.75, 3.05) is 5.73 Å². The number of rotatable bonds is 3. The van der Waals surface area contributed by atoms with Crippen molar-refractivity contribution in [1.29, 1.82) is 0 Å². The number of nitrogens with two attached hydrogens (primary N) is 1. The van der Waals surface area contributed by atoms with E-state index in [4.69, 9.17) is 5.73 Å². The first kappa shape index (κ1) is 14.7. The molecule has 0 spiro atoms. The fourth-order valence-electron chi connectivity index (χ4n) is 2.55. The van der Waals surface area contributed by atoms with Crippen LogP contribution in [0, 0.1) is 0 Å². The van der Waals surface area contributed by atoms with E-state index in [0.717, 1.165) is 10.9 Å². The largest absolute Gasteiger partial charge is 0.384 e. The summed E-state index contributed by atoms with van der Waals surface area (Å²) in [7, 11) is -3.70. The van der Waals surface area contributed by atoms with Gasteiger partial charge in [-0.2, -0.15) is 0 Å². The summed E-state index contributed by atoms with van der Waals surface area (Å²) in [6, 6.07) is 15.9. The second-order valence-electron chi connectivity index (χ2n) is 5.62. The summed E-state index contributed by atoms with van der Waals surface area (Å²) in [6.07, 6.45) is 0. The number of hydrogen-bond acceptors (Lipinski definition) is 3. The molecule has 2 aromatic carbocycles. The summed E-state index contributed by atoms with van der Waals surface area (Å²) < 4.78 is 27.0. The van der Waals surface area contributed by atoms with Crippen LogP contribution in [0.2, 0.25) is 0 Å². The van der Waals surface area contributed by atoms with Crippen molar-refractivity contribution < 1.29 is 8.42 Å². The number of nitrogens with zero attached hydrogens (tertiary/aromatic N) is 1. The molecule has 0 atom stereocenters. The molecule has 0 saturated heterocycles. The maximum Gasteiger partial charge on any atom is 0.269 e. The molecule has 0 unspecified atom stereocenters. The summed E-state index contributed by atoms with van der Waals surface area (Å²) in [5, 5.41) is 0.808. The topological polar surface area (TPSA) is 65.1 Å². The average Bonchev–Trinajstić information content (AvgIpc) is 2.83. The summed E-state index contributed by atoms with van der Waals surface area (Å²) in [5.74, 6) is 0.573. The van der Waals surface area contributed by atoms with Crippen LogP contribution in [0.25, 0.3) is 10.9 Å². The first-order valence-corrected chi connectivity index (χ1v) is 8.57. The number of aromatic nitrogens is 1. The zero-order valence-corrected chi connectivity index (χ0v) is 13.3. The Balaban J connectivity index is 2.18. The number of hydrogen-bond donors (Lipinski definition) is 1. The Morgan fingerprint density at radius 3 is 2.27 bits per heavy atom. The fourth-order valence-corrected chi connectivity index (χ4v) is 4.00. The van der Waals surface area contributed by atoms with Gasteiger partial charge in [-0.15, -0.1) is 0 Å². The van der Waals surface area contributed by atoms with E-state index < -0.39 is 10.0 Å². The monoisotopic (exact) mass is 314 g/mol. The minimum Gasteiger partial charge on any atom is -0.384 e. The number of anilines is 1. The second kappa shape index (κ2) is 5.18. The zero-order valence-electron chi connectivity index (χ0n) is 12.5. The van der Waals surface area contributed by atoms with Crippen LogP contribution < -0.4 is 5.73 Å². The van der Waals surface area contributed by atoms with Gasteiger partial charge >= 0.3 is 0 Å². The maximum atomic E-state index is 12.9. The number of nitrogen functional groups attached to an aromatic ring is 1. The molecule has 114 valence electrons. The van der Waals surface area contributed by atoms with E-state index in [0.29, 0.717) is 11.4 Å². The molecular formula is C17H18N2O2S. The molecule has 0 bridgehead atoms. The van der Waals surface area contributed by atoms with E-state index in [2.05, 4.69) is 13.8 Å². The number of para-hydroxylation sites is 1. The van der Waals surface area contributed by atoms with Gasteiger partial charge in [-0.05, 0) is 35.7 Å². The molecule has 0 aliphatic heterocycles. The van der Waals surface area contributed by atoms with Crippen LogP contribution in [0.3, 0.4) is 0 Å². The first-order valence-electron chi connectivity index (χ1n) is 7.13. The van der Waals surface area contributed by atoms with Crippen LogP contribution >= 0.6 is 0 Å². The van der Waals surface area contributed by atoms with Gasteiger partial charge < -0.3 is 5.73 Å². The van der Waals surface area contributed by atoms with Gasteiger partial charge in [0.05, 0.1) is 10.4 Å². The summed E-state index contributed by atoms with van der Waals surface area (Å²) in [4.78, 5) is 0.241. The van der Waals surface area contributed by atoms with Crippen molar-refractivity contribution in [3.8, 4) is 0 Å². The van der Waals surface area contributed by atoms with E-state index in [-0.39, 0.29) is 10.7 Å². The molecule has 0 aliphatic carbocycles. The molecule has 0 fully saturated rings. The van der Waals surface area contributed by atoms with E-state index in [1.54, 1.807) is 30.3 Å². The lowest BCUT2D eigenvalue weighted by molar-refractivity contribution is 0.589. The lowest BCUT2D eigenvalue weighted by Gasteiger charge is -2.11. The standard InChI is InChI=1S/C17H18N2O2S/c1-12(2)13-7-9-15(10-8-13)22(20,21)19-16-6-4-3-5-14(16)11-17(19)18/h3-12H,18H2,1-2H3. The van der Waals surface area contributed by atoms with Gasteiger partial charge in [0.25, 0.3) is 10.0 Å². The Hall–Kier alpha value is -2.27. The van der Waals surface area contributed by atoms with E-state index >= 15 is 0 Å². The van der Waals surface area contributed by atoms with Gasteiger partial charge in [0.15, 0.2) is 0 Å². The lowest BCUT2D eigenvalue weighted by atomic mass is 10.0. The Kier molecular flexibility index (Phi) is 3.45. The molecule has 3 rings (SSSR count). The molecule has 0 amide bonds. The molecule has 4 nitrogen and oxygen atoms in total. The van der Waals surface area contributed by atoms with Gasteiger partial charge in [0.1, 0.15) is 5.82 Å². The van der Waals surface area contributed by atoms with Gasteiger partial charge in [0, 0.05) is 5.39 Å². The maximum absolute atomic E-state index is 12.9. The van der Waals surface area contributed by atoms with E-state index in [1.165, 1.54) is 3.97 Å². The van der Waals surface area contributed by atoms with Crippen molar-refractivity contribution in [3.05, 3.63) is 60.2 Å². The third kappa shape index (κ3) is 2.27. The summed E-state index contributed by atoms with van der Waals surface area (Å²) in [6.45, 7) is 4.14. The van der Waals surface area contributed by atoms with Gasteiger partial charge in [-0.25, -0.2) is 12.4 Å². The predicted molar refractivity (Wildman–Crippen MR) is 89.5 cm³/mol. The number of fused-ring (bicyclic) bond motifs is 1. The molecule has 0 aliphatic rings. The predicted octanol–water partition coefficient (Wildman–Crippen LogP) is 3.58. The molecule has 1 aromatic heterocycles. The highest BCUT2D eigenvalue weighted by Gasteiger charge is 2.21. The minimum atomic E-state index is -3.70. The highest BCUT2D eigenvalue weighted by molar-refractivity contribution is 7.90. The molecule has 1 heterocycles. The molecule has 3 aromatic rings. The Labute approximate surface area is 130 Å². The van der Waals surface area contributed by atoms with Crippen molar-refractivity contribution >= 4 is 26.7 Å². The van der Waals surface area contributed by atoms with E-state index in [9.17, 15) is 8.42 Å². The van der Waals surface area contributed by atoms with Crippen molar-refractivity contribution in [1.82, 2.24) is 3.97 Å². The van der Waals surface area contributed by atoms with Crippen LogP contribution in [0.4, 0.5) is 5.82 Å². The normalized spacial score (nSPS) is 12.1. The molecule has 2 N–H and O–H groups in total. The van der Waals surface area contributed by atoms with Crippen molar-refractivity contribution in [2.24, 2.45) is 0 Å². The smallest absolute Gasteiger partial charge is 0.269 e. The summed E-state index contributed by atoms with van der Waals surface area (Å²) in [5.41, 5.74) is 7.63. The fraction of sp³-hybridized carbons (Fsp3) is 0.176. The van der Waals surface area contributed by atoms with Crippen LogP contribution in [0.5, 0.6) is 0 Å². The van der Waals surface area contributed by atoms with Crippen LogP contribution in [0.15, 0.2) is 59.5 Å². The summed E-state index contributed by atoms with van der Waals surface area (Å²) >= 11 is 0. The Bertz CT molecular complexity index is 923. The Morgan fingerprint density at radius 2 is 1.64 bits per heavy atom. The quantitative estimate of drug-likeness (QED) is 0.803. The minimum absolute atomic E-state index is 0.217. The third-order valence-corrected chi connectivity index (χ3v) is 5.53. The third-order valence-electron chi connectivity index (χ3n) is 3.78. The van der Waals surface area contributed by atoms with Crippen molar-refractivity contribution in [2.45, 2.75) is 24.7 Å². The van der Waals surface area contributed by atoms with E-state index in [1.807, 2.05) is 24.3 Å². The molecule has 22 heavy (non-hydrogen) atoms. The van der Waals surface area contributed by atoms with Crippen LogP contribution in [-0.4, -0.2) is 12.4 Å². The SMILES string of the molecule is CC(C)c1ccc(S(=O)(=O)n2c(N)cc3ccccc32)cc1. The average molecular weight is 314 g/mol. The van der Waals surface area contributed by atoms with Crippen LogP contribution in [-0.2, 0) is 10.0 Å². The lowest BCUT2D eigenvalue weighted by Crippen LogP contribution is -2.15. The van der Waals surface area contributed by atoms with Gasteiger partial charge in [-0.3, -0.25) is 0 Å². The Morgan fingerprint density at radius 1 is 1.00 bits per heavy atom. The number of benzene rings is 2. The highest BCUT2D eigenvalue weighted by atomic mass is 32.2. The first-order chi connectivity index (χ1) is 10.4. The molecule has 0 saturated carbocycles. The van der Waals surface area contributed by atoms with Gasteiger partial charge in [-0.1, -0.05) is 44.2 Å². The highest BCUT2D eigenvalue weighted by Crippen LogP contribution is 2.27. The molecular weight excluding hydrogens is 296 g/mol.